The summed E-state index contributed by atoms with van der Waals surface area (Å²) in [4.78, 5) is 35.4. The Bertz CT molecular complexity index is 1800. The number of rotatable bonds is 68. The number of unbranched alkanes of at least 4 members (excludes halogenated alkanes) is 37. The summed E-state index contributed by atoms with van der Waals surface area (Å²) in [7, 11) is -4.40. The van der Waals surface area contributed by atoms with Gasteiger partial charge in [-0.15, -0.1) is 0 Å². The topological polar surface area (TPSA) is 134 Å². The van der Waals surface area contributed by atoms with Gasteiger partial charge in [0.1, 0.15) is 6.61 Å². The Morgan fingerprint density at radius 2 is 0.598 bits per heavy atom. The van der Waals surface area contributed by atoms with Crippen molar-refractivity contribution in [1.29, 1.82) is 0 Å². The quantitative estimate of drug-likeness (QED) is 0.0264. The molecule has 87 heavy (non-hydrogen) atoms. The van der Waals surface area contributed by atoms with Crippen molar-refractivity contribution in [3.63, 3.8) is 0 Å². The molecule has 0 saturated carbocycles. The molecule has 0 aromatic rings. The second-order valence-electron chi connectivity index (χ2n) is 24.0. The zero-order chi connectivity index (χ0) is 63.0. The van der Waals surface area contributed by atoms with Crippen molar-refractivity contribution in [2.75, 3.05) is 26.4 Å². The zero-order valence-corrected chi connectivity index (χ0v) is 57.4. The van der Waals surface area contributed by atoms with Crippen LogP contribution in [0.15, 0.2) is 109 Å². The van der Waals surface area contributed by atoms with Gasteiger partial charge in [-0.3, -0.25) is 18.6 Å². The second kappa shape index (κ2) is 71.7. The molecule has 3 N–H and O–H groups in total. The molecular weight excluding hydrogens is 1100 g/mol. The molecule has 0 heterocycles. The van der Waals surface area contributed by atoms with E-state index >= 15 is 0 Å². The molecule has 0 fully saturated rings. The molecule has 2 atom stereocenters. The molecule has 502 valence electrons. The summed E-state index contributed by atoms with van der Waals surface area (Å²) in [5.74, 6) is -0.815. The Morgan fingerprint density at radius 3 is 0.885 bits per heavy atom. The van der Waals surface area contributed by atoms with Crippen molar-refractivity contribution < 1.29 is 37.6 Å². The zero-order valence-electron chi connectivity index (χ0n) is 56.5. The largest absolute Gasteiger partial charge is 0.472 e. The van der Waals surface area contributed by atoms with Gasteiger partial charge in [-0.1, -0.05) is 335 Å². The molecular formula is C77H136NO8P. The first-order valence-corrected chi connectivity index (χ1v) is 37.9. The molecule has 0 rings (SSSR count). The van der Waals surface area contributed by atoms with Crippen LogP contribution in [0.3, 0.4) is 0 Å². The lowest BCUT2D eigenvalue weighted by Crippen LogP contribution is -2.29. The van der Waals surface area contributed by atoms with Crippen molar-refractivity contribution >= 4 is 19.8 Å². The van der Waals surface area contributed by atoms with Crippen molar-refractivity contribution in [2.24, 2.45) is 5.73 Å². The molecule has 0 aliphatic rings. The van der Waals surface area contributed by atoms with Gasteiger partial charge in [0.25, 0.3) is 0 Å². The van der Waals surface area contributed by atoms with Gasteiger partial charge < -0.3 is 20.1 Å². The van der Waals surface area contributed by atoms with Crippen LogP contribution < -0.4 is 5.73 Å². The van der Waals surface area contributed by atoms with E-state index in [0.717, 1.165) is 96.3 Å². The molecule has 0 radical (unpaired) electrons. The van der Waals surface area contributed by atoms with E-state index in [1.807, 2.05) is 0 Å². The van der Waals surface area contributed by atoms with Gasteiger partial charge in [0.15, 0.2) is 6.10 Å². The number of nitrogens with two attached hydrogens (primary N) is 1. The van der Waals surface area contributed by atoms with Gasteiger partial charge in [-0.2, -0.15) is 0 Å². The van der Waals surface area contributed by atoms with E-state index in [-0.39, 0.29) is 38.6 Å². The lowest BCUT2D eigenvalue weighted by Gasteiger charge is -2.19. The van der Waals surface area contributed by atoms with E-state index in [1.54, 1.807) is 0 Å². The summed E-state index contributed by atoms with van der Waals surface area (Å²) in [6.45, 7) is 3.56. The van der Waals surface area contributed by atoms with Gasteiger partial charge >= 0.3 is 19.8 Å². The summed E-state index contributed by atoms with van der Waals surface area (Å²) >= 11 is 0. The number of phosphoric acid groups is 1. The average molecular weight is 1230 g/mol. The highest BCUT2D eigenvalue weighted by molar-refractivity contribution is 7.47. The van der Waals surface area contributed by atoms with Crippen LogP contribution in [0.4, 0.5) is 0 Å². The summed E-state index contributed by atoms with van der Waals surface area (Å²) in [5, 5.41) is 0. The Labute approximate surface area is 537 Å². The Morgan fingerprint density at radius 1 is 0.345 bits per heavy atom. The molecule has 0 aromatic carbocycles. The molecule has 0 spiro atoms. The minimum absolute atomic E-state index is 0.0521. The highest BCUT2D eigenvalue weighted by Gasteiger charge is 2.26. The van der Waals surface area contributed by atoms with Crippen molar-refractivity contribution in [2.45, 2.75) is 341 Å². The van der Waals surface area contributed by atoms with Crippen LogP contribution in [-0.2, 0) is 32.7 Å². The Balaban J connectivity index is 3.82. The van der Waals surface area contributed by atoms with Crippen LogP contribution in [0.5, 0.6) is 0 Å². The summed E-state index contributed by atoms with van der Waals surface area (Å²) < 4.78 is 33.2. The average Bonchev–Trinajstić information content (AvgIpc) is 3.65. The maximum absolute atomic E-state index is 12.8. The second-order valence-corrected chi connectivity index (χ2v) is 25.5. The lowest BCUT2D eigenvalue weighted by atomic mass is 10.0. The van der Waals surface area contributed by atoms with E-state index in [1.165, 1.54) is 205 Å². The number of hydrogen-bond acceptors (Lipinski definition) is 8. The van der Waals surface area contributed by atoms with E-state index in [2.05, 4.69) is 123 Å². The van der Waals surface area contributed by atoms with E-state index in [0.29, 0.717) is 6.42 Å². The van der Waals surface area contributed by atoms with Crippen LogP contribution >= 0.6 is 7.82 Å². The third kappa shape index (κ3) is 71.6. The molecule has 10 heteroatoms. The Hall–Kier alpha value is -3.33. The van der Waals surface area contributed by atoms with E-state index in [9.17, 15) is 19.0 Å². The summed E-state index contributed by atoms with van der Waals surface area (Å²) in [5.41, 5.74) is 5.41. The van der Waals surface area contributed by atoms with Gasteiger partial charge in [0, 0.05) is 19.4 Å². The maximum atomic E-state index is 12.8. The molecule has 0 aromatic heterocycles. The molecule has 0 aliphatic carbocycles. The maximum Gasteiger partial charge on any atom is 0.472 e. The number of ether oxygens (including phenoxy) is 2. The van der Waals surface area contributed by atoms with Gasteiger partial charge in [-0.05, 0) is 96.3 Å². The summed E-state index contributed by atoms with van der Waals surface area (Å²) in [6.07, 6.45) is 99.1. The van der Waals surface area contributed by atoms with E-state index in [4.69, 9.17) is 24.3 Å². The van der Waals surface area contributed by atoms with Crippen LogP contribution in [0.25, 0.3) is 0 Å². The monoisotopic (exact) mass is 1230 g/mol. The fraction of sp³-hybridized carbons (Fsp3) is 0.740. The Kier molecular flexibility index (Phi) is 69.0. The lowest BCUT2D eigenvalue weighted by molar-refractivity contribution is -0.161. The molecule has 0 bridgehead atoms. The predicted octanol–water partition coefficient (Wildman–Crippen LogP) is 24.1. The van der Waals surface area contributed by atoms with Crippen LogP contribution in [0.2, 0.25) is 0 Å². The number of carbonyl (C=O) groups is 2. The molecule has 0 amide bonds. The van der Waals surface area contributed by atoms with Crippen molar-refractivity contribution in [1.82, 2.24) is 0 Å². The van der Waals surface area contributed by atoms with Crippen LogP contribution in [-0.4, -0.2) is 49.3 Å². The molecule has 0 saturated heterocycles. The van der Waals surface area contributed by atoms with Crippen LogP contribution in [0.1, 0.15) is 335 Å². The van der Waals surface area contributed by atoms with Crippen LogP contribution in [0, 0.1) is 0 Å². The normalized spacial score (nSPS) is 13.6. The van der Waals surface area contributed by atoms with Gasteiger partial charge in [0.2, 0.25) is 0 Å². The van der Waals surface area contributed by atoms with Gasteiger partial charge in [-0.25, -0.2) is 4.57 Å². The predicted molar refractivity (Wildman–Crippen MR) is 376 cm³/mol. The third-order valence-corrected chi connectivity index (χ3v) is 16.6. The molecule has 0 aliphatic heterocycles. The number of phosphoric ester groups is 1. The first-order valence-electron chi connectivity index (χ1n) is 36.4. The van der Waals surface area contributed by atoms with Crippen molar-refractivity contribution in [3.8, 4) is 0 Å². The minimum atomic E-state index is -4.40. The highest BCUT2D eigenvalue weighted by atomic mass is 31.2. The first-order chi connectivity index (χ1) is 42.8. The third-order valence-electron chi connectivity index (χ3n) is 15.7. The highest BCUT2D eigenvalue weighted by Crippen LogP contribution is 2.43. The minimum Gasteiger partial charge on any atom is -0.462 e. The SMILES string of the molecule is CC/C=C\C/C=C\C/C=C\C/C=C\C/C=C\CCCCCCCCCCCCCCCCCCCCCCCC(=O)OC(COC(=O)CCCCCCCCCCCCCCCCCC/C=C\C/C=C\C/C=C\C/C=C\CC)COP(=O)(O)OCCN. The van der Waals surface area contributed by atoms with Crippen molar-refractivity contribution in [3.05, 3.63) is 109 Å². The van der Waals surface area contributed by atoms with Gasteiger partial charge in [0.05, 0.1) is 13.2 Å². The standard InChI is InChI=1S/C77H136NO8P/c1-3-5-7-9-11-13-15-17-19-21-23-25-27-29-31-33-34-35-36-37-38-39-40-42-44-46-48-50-52-54-56-58-60-62-64-66-68-70-77(80)86-75(74-85-87(81,82)84-72-71-78)73-83-76(79)69-67-65-63-61-59-57-55-53-51-49-47-45-43-41-32-30-28-26-24-22-20-18-16-14-12-10-8-6-4-2/h5-8,11-14,17-20,23-26,29,31,75H,3-4,9-10,15-16,21-22,27-28,30,32-74,78H2,1-2H3,(H,81,82)/b7-5-,8-6-,13-11-,14-12-,19-17-,20-18-,25-23-,26-24-,31-29-. The first kappa shape index (κ1) is 83.7. The fourth-order valence-electron chi connectivity index (χ4n) is 10.4. The number of esters is 2. The number of allylic oxidation sites excluding steroid dienone is 18. The van der Waals surface area contributed by atoms with E-state index < -0.39 is 26.5 Å². The smallest absolute Gasteiger partial charge is 0.462 e. The molecule has 9 nitrogen and oxygen atoms in total. The number of hydrogen-bond donors (Lipinski definition) is 2. The number of carbonyl (C=O) groups excluding carboxylic acids is 2. The molecule has 2 unspecified atom stereocenters. The fourth-order valence-corrected chi connectivity index (χ4v) is 11.1. The summed E-state index contributed by atoms with van der Waals surface area (Å²) in [6, 6.07) is 0.